The van der Waals surface area contributed by atoms with Crippen LogP contribution in [0.2, 0.25) is 0 Å². The third kappa shape index (κ3) is 3.41. The van der Waals surface area contributed by atoms with Crippen LogP contribution in [0.3, 0.4) is 0 Å². The highest BCUT2D eigenvalue weighted by molar-refractivity contribution is 7.89. The van der Waals surface area contributed by atoms with E-state index in [2.05, 4.69) is 15.4 Å². The zero-order valence-electron chi connectivity index (χ0n) is 8.83. The molecule has 0 saturated carbocycles. The summed E-state index contributed by atoms with van der Waals surface area (Å²) >= 11 is 0. The van der Waals surface area contributed by atoms with Crippen molar-refractivity contribution in [2.45, 2.75) is 31.3 Å². The molecule has 2 unspecified atom stereocenters. The minimum atomic E-state index is -3.10. The third-order valence-corrected chi connectivity index (χ3v) is 4.52. The molecule has 0 aromatic rings. The van der Waals surface area contributed by atoms with Crippen LogP contribution < -0.4 is 15.4 Å². The van der Waals surface area contributed by atoms with Gasteiger partial charge in [0.1, 0.15) is 0 Å². The molecule has 2 rings (SSSR count). The first-order valence-electron chi connectivity index (χ1n) is 5.60. The topological polar surface area (TPSA) is 70.2 Å². The zero-order valence-corrected chi connectivity index (χ0v) is 9.65. The van der Waals surface area contributed by atoms with Gasteiger partial charge >= 0.3 is 0 Å². The van der Waals surface area contributed by atoms with Crippen molar-refractivity contribution in [1.29, 1.82) is 0 Å². The van der Waals surface area contributed by atoms with Crippen LogP contribution in [0.5, 0.6) is 0 Å². The lowest BCUT2D eigenvalue weighted by molar-refractivity contribution is 0.546. The van der Waals surface area contributed by atoms with Crippen LogP contribution in [-0.4, -0.2) is 45.9 Å². The fraction of sp³-hybridized carbons (Fsp3) is 1.00. The Morgan fingerprint density at radius 1 is 1.27 bits per heavy atom. The molecule has 2 aliphatic heterocycles. The second kappa shape index (κ2) is 4.78. The minimum Gasteiger partial charge on any atom is -0.315 e. The highest BCUT2D eigenvalue weighted by Crippen LogP contribution is 2.08. The molecule has 0 amide bonds. The summed E-state index contributed by atoms with van der Waals surface area (Å²) in [6.45, 7) is 2.62. The Labute approximate surface area is 91.1 Å². The summed E-state index contributed by atoms with van der Waals surface area (Å²) in [5.74, 6) is 0.226. The molecule has 6 heteroatoms. The summed E-state index contributed by atoms with van der Waals surface area (Å²) in [7, 11) is -3.10. The van der Waals surface area contributed by atoms with Crippen molar-refractivity contribution in [3.63, 3.8) is 0 Å². The maximum atomic E-state index is 11.8. The monoisotopic (exact) mass is 233 g/mol. The van der Waals surface area contributed by atoms with Gasteiger partial charge in [0, 0.05) is 18.6 Å². The van der Waals surface area contributed by atoms with Crippen molar-refractivity contribution >= 4 is 10.0 Å². The molecule has 2 heterocycles. The number of hydrogen-bond acceptors (Lipinski definition) is 4. The van der Waals surface area contributed by atoms with E-state index in [4.69, 9.17) is 0 Å². The van der Waals surface area contributed by atoms with E-state index in [0.29, 0.717) is 0 Å². The van der Waals surface area contributed by atoms with Gasteiger partial charge in [0.05, 0.1) is 5.75 Å². The van der Waals surface area contributed by atoms with E-state index in [0.717, 1.165) is 38.9 Å². The quantitative estimate of drug-likeness (QED) is 0.584. The molecule has 2 saturated heterocycles. The number of hydrogen-bond donors (Lipinski definition) is 3. The van der Waals surface area contributed by atoms with Crippen LogP contribution in [0.15, 0.2) is 0 Å². The Morgan fingerprint density at radius 3 is 2.73 bits per heavy atom. The predicted octanol–water partition coefficient (Wildman–Crippen LogP) is -0.980. The molecule has 15 heavy (non-hydrogen) atoms. The van der Waals surface area contributed by atoms with Crippen molar-refractivity contribution in [3.8, 4) is 0 Å². The summed E-state index contributed by atoms with van der Waals surface area (Å²) in [6.07, 6.45) is 2.96. The largest absolute Gasteiger partial charge is 0.315 e. The standard InChI is InChI=1S/C9H19N3O2S/c13-15(14,7-9-2-1-4-11-9)12-8-3-5-10-6-8/h8-12H,1-7H2. The van der Waals surface area contributed by atoms with Gasteiger partial charge in [-0.15, -0.1) is 0 Å². The highest BCUT2D eigenvalue weighted by atomic mass is 32.2. The fourth-order valence-electron chi connectivity index (χ4n) is 2.22. The molecule has 3 N–H and O–H groups in total. The van der Waals surface area contributed by atoms with Gasteiger partial charge in [-0.2, -0.15) is 0 Å². The van der Waals surface area contributed by atoms with E-state index in [1.807, 2.05) is 0 Å². The van der Waals surface area contributed by atoms with Gasteiger partial charge in [-0.05, 0) is 32.4 Å². The van der Waals surface area contributed by atoms with Gasteiger partial charge in [-0.3, -0.25) is 0 Å². The lowest BCUT2D eigenvalue weighted by Crippen LogP contribution is -2.42. The summed E-state index contributed by atoms with van der Waals surface area (Å²) < 4.78 is 26.3. The molecule has 0 aliphatic carbocycles. The predicted molar refractivity (Wildman–Crippen MR) is 59.2 cm³/mol. The van der Waals surface area contributed by atoms with Crippen molar-refractivity contribution in [2.75, 3.05) is 25.4 Å². The average Bonchev–Trinajstić information content (AvgIpc) is 2.75. The first-order chi connectivity index (χ1) is 7.16. The van der Waals surface area contributed by atoms with Gasteiger partial charge < -0.3 is 10.6 Å². The normalized spacial score (nSPS) is 32.3. The summed E-state index contributed by atoms with van der Waals surface area (Å²) in [4.78, 5) is 0. The molecule has 0 aromatic carbocycles. The second-order valence-corrected chi connectivity index (χ2v) is 6.18. The van der Waals surface area contributed by atoms with Crippen LogP contribution in [-0.2, 0) is 10.0 Å². The van der Waals surface area contributed by atoms with Gasteiger partial charge in [0.15, 0.2) is 0 Å². The maximum absolute atomic E-state index is 11.8. The molecule has 2 atom stereocenters. The fourth-order valence-corrected chi connectivity index (χ4v) is 3.84. The molecular formula is C9H19N3O2S. The number of nitrogens with one attached hydrogen (secondary N) is 3. The summed E-state index contributed by atoms with van der Waals surface area (Å²) in [5, 5.41) is 6.35. The van der Waals surface area contributed by atoms with E-state index in [1.54, 1.807) is 0 Å². The van der Waals surface area contributed by atoms with E-state index >= 15 is 0 Å². The van der Waals surface area contributed by atoms with Crippen molar-refractivity contribution in [1.82, 2.24) is 15.4 Å². The molecule has 0 bridgehead atoms. The Balaban J connectivity index is 1.82. The maximum Gasteiger partial charge on any atom is 0.213 e. The van der Waals surface area contributed by atoms with Crippen LogP contribution >= 0.6 is 0 Å². The SMILES string of the molecule is O=S(=O)(CC1CCCN1)NC1CCNC1. The molecule has 0 spiro atoms. The molecule has 0 radical (unpaired) electrons. The smallest absolute Gasteiger partial charge is 0.213 e. The van der Waals surface area contributed by atoms with Gasteiger partial charge in [0.25, 0.3) is 0 Å². The first kappa shape index (κ1) is 11.3. The van der Waals surface area contributed by atoms with Crippen LogP contribution in [0.4, 0.5) is 0 Å². The third-order valence-electron chi connectivity index (χ3n) is 2.99. The molecule has 0 aromatic heterocycles. The van der Waals surface area contributed by atoms with Crippen LogP contribution in [0, 0.1) is 0 Å². The van der Waals surface area contributed by atoms with E-state index in [-0.39, 0.29) is 17.8 Å². The molecule has 5 nitrogen and oxygen atoms in total. The Morgan fingerprint density at radius 2 is 2.13 bits per heavy atom. The van der Waals surface area contributed by atoms with Crippen molar-refractivity contribution in [3.05, 3.63) is 0 Å². The molecule has 2 fully saturated rings. The molecule has 2 aliphatic rings. The van der Waals surface area contributed by atoms with Crippen molar-refractivity contribution in [2.24, 2.45) is 0 Å². The van der Waals surface area contributed by atoms with E-state index < -0.39 is 10.0 Å². The van der Waals surface area contributed by atoms with Gasteiger partial charge in [-0.25, -0.2) is 13.1 Å². The zero-order chi connectivity index (χ0) is 10.7. The van der Waals surface area contributed by atoms with E-state index in [1.165, 1.54) is 0 Å². The summed E-state index contributed by atoms with van der Waals surface area (Å²) in [5.41, 5.74) is 0. The van der Waals surface area contributed by atoms with Crippen LogP contribution in [0.1, 0.15) is 19.3 Å². The van der Waals surface area contributed by atoms with Crippen molar-refractivity contribution < 1.29 is 8.42 Å². The number of rotatable bonds is 4. The molecule has 88 valence electrons. The minimum absolute atomic E-state index is 0.0939. The van der Waals surface area contributed by atoms with Crippen LogP contribution in [0.25, 0.3) is 0 Å². The van der Waals surface area contributed by atoms with Gasteiger partial charge in [0.2, 0.25) is 10.0 Å². The summed E-state index contributed by atoms with van der Waals surface area (Å²) in [6, 6.07) is 0.244. The Bertz CT molecular complexity index is 268. The lowest BCUT2D eigenvalue weighted by Gasteiger charge is -2.15. The van der Waals surface area contributed by atoms with E-state index in [9.17, 15) is 8.42 Å². The lowest BCUT2D eigenvalue weighted by atomic mass is 10.3. The Kier molecular flexibility index (Phi) is 3.60. The average molecular weight is 233 g/mol. The second-order valence-electron chi connectivity index (χ2n) is 4.38. The Hall–Kier alpha value is -0.170. The highest BCUT2D eigenvalue weighted by Gasteiger charge is 2.25. The van der Waals surface area contributed by atoms with Gasteiger partial charge in [-0.1, -0.05) is 0 Å². The number of sulfonamides is 1. The first-order valence-corrected chi connectivity index (χ1v) is 7.25. The molecular weight excluding hydrogens is 214 g/mol.